The summed E-state index contributed by atoms with van der Waals surface area (Å²) in [6, 6.07) is 9.69. The molecule has 1 amide bonds. The normalized spacial score (nSPS) is 18.5. The monoisotopic (exact) mass is 359 g/mol. The van der Waals surface area contributed by atoms with Crippen molar-refractivity contribution in [3.8, 4) is 11.5 Å². The maximum Gasteiger partial charge on any atom is 0.274 e. The van der Waals surface area contributed by atoms with Crippen LogP contribution in [0, 0.1) is 0 Å². The van der Waals surface area contributed by atoms with Crippen molar-refractivity contribution in [1.82, 2.24) is 15.1 Å². The number of thiophene rings is 1. The molecule has 1 unspecified atom stereocenters. The van der Waals surface area contributed by atoms with Gasteiger partial charge in [0.05, 0.1) is 6.26 Å². The predicted molar refractivity (Wildman–Crippen MR) is 96.3 cm³/mol. The molecule has 0 spiro atoms. The molecule has 4 rings (SSSR count). The lowest BCUT2D eigenvalue weighted by Gasteiger charge is -2.18. The summed E-state index contributed by atoms with van der Waals surface area (Å²) in [5.41, 5.74) is 1.17. The van der Waals surface area contributed by atoms with Crippen molar-refractivity contribution in [2.45, 2.75) is 11.7 Å². The van der Waals surface area contributed by atoms with Crippen molar-refractivity contribution >= 4 is 29.0 Å². The van der Waals surface area contributed by atoms with Gasteiger partial charge >= 0.3 is 0 Å². The Labute approximate surface area is 148 Å². The van der Waals surface area contributed by atoms with E-state index in [4.69, 9.17) is 4.42 Å². The summed E-state index contributed by atoms with van der Waals surface area (Å²) in [4.78, 5) is 16.0. The van der Waals surface area contributed by atoms with Gasteiger partial charge in [-0.3, -0.25) is 9.89 Å². The number of hydrogen-bond acceptors (Lipinski definition) is 5. The molecule has 124 valence electrons. The molecule has 3 aromatic heterocycles. The van der Waals surface area contributed by atoms with E-state index in [-0.39, 0.29) is 5.91 Å². The molecule has 1 atom stereocenters. The van der Waals surface area contributed by atoms with Gasteiger partial charge in [0.25, 0.3) is 5.91 Å². The van der Waals surface area contributed by atoms with Crippen LogP contribution in [0.4, 0.5) is 0 Å². The molecule has 7 heteroatoms. The number of thioether (sulfide) groups is 1. The molecule has 1 aliphatic rings. The van der Waals surface area contributed by atoms with Gasteiger partial charge in [-0.05, 0) is 30.0 Å². The molecule has 5 nitrogen and oxygen atoms in total. The first-order chi connectivity index (χ1) is 11.8. The van der Waals surface area contributed by atoms with Crippen LogP contribution in [-0.4, -0.2) is 39.8 Å². The Morgan fingerprint density at radius 3 is 3.08 bits per heavy atom. The summed E-state index contributed by atoms with van der Waals surface area (Å²) >= 11 is 3.73. The first-order valence-corrected chi connectivity index (χ1v) is 9.77. The minimum atomic E-state index is -0.0171. The lowest BCUT2D eigenvalue weighted by atomic mass is 10.2. The number of furan rings is 1. The standard InChI is InChI=1S/C17H17N3O2S2/c21-17(13-11-12(18-19-13)14-3-1-8-22-14)20-6-5-16(24-10-7-20)15-4-2-9-23-15/h1-4,8-9,11,16H,5-7,10H2,(H,18,19). The smallest absolute Gasteiger partial charge is 0.274 e. The highest BCUT2D eigenvalue weighted by atomic mass is 32.2. The van der Waals surface area contributed by atoms with Crippen molar-refractivity contribution in [2.75, 3.05) is 18.8 Å². The van der Waals surface area contributed by atoms with E-state index in [0.717, 1.165) is 31.0 Å². The number of aromatic amines is 1. The van der Waals surface area contributed by atoms with E-state index >= 15 is 0 Å². The summed E-state index contributed by atoms with van der Waals surface area (Å²) in [6.45, 7) is 1.52. The van der Waals surface area contributed by atoms with Crippen LogP contribution in [0.3, 0.4) is 0 Å². The van der Waals surface area contributed by atoms with Crippen molar-refractivity contribution in [3.05, 3.63) is 52.5 Å². The molecule has 3 aromatic rings. The van der Waals surface area contributed by atoms with Gasteiger partial charge in [-0.2, -0.15) is 16.9 Å². The molecule has 1 fully saturated rings. The SMILES string of the molecule is O=C(c1cc(-c2ccco2)[nH]n1)N1CCSC(c2cccs2)CC1. The van der Waals surface area contributed by atoms with Crippen LogP contribution in [0.1, 0.15) is 27.0 Å². The Hall–Kier alpha value is -1.99. The van der Waals surface area contributed by atoms with Crippen LogP contribution in [0.2, 0.25) is 0 Å². The largest absolute Gasteiger partial charge is 0.463 e. The van der Waals surface area contributed by atoms with Crippen LogP contribution in [0.25, 0.3) is 11.5 Å². The summed E-state index contributed by atoms with van der Waals surface area (Å²) in [7, 11) is 0. The first kappa shape index (κ1) is 15.5. The Balaban J connectivity index is 1.45. The molecular weight excluding hydrogens is 342 g/mol. The molecule has 1 aliphatic heterocycles. The summed E-state index contributed by atoms with van der Waals surface area (Å²) < 4.78 is 5.34. The van der Waals surface area contributed by atoms with Crippen LogP contribution >= 0.6 is 23.1 Å². The molecule has 0 aliphatic carbocycles. The second-order valence-electron chi connectivity index (χ2n) is 5.60. The molecule has 0 bridgehead atoms. The Bertz CT molecular complexity index is 796. The highest BCUT2D eigenvalue weighted by molar-refractivity contribution is 7.99. The van der Waals surface area contributed by atoms with Gasteiger partial charge in [-0.1, -0.05) is 6.07 Å². The first-order valence-electron chi connectivity index (χ1n) is 7.85. The molecule has 0 radical (unpaired) electrons. The van der Waals surface area contributed by atoms with Gasteiger partial charge in [-0.15, -0.1) is 11.3 Å². The van der Waals surface area contributed by atoms with Crippen LogP contribution in [0.15, 0.2) is 46.4 Å². The Morgan fingerprint density at radius 1 is 1.33 bits per heavy atom. The molecular formula is C17H17N3O2S2. The van der Waals surface area contributed by atoms with E-state index < -0.39 is 0 Å². The van der Waals surface area contributed by atoms with E-state index in [1.54, 1.807) is 23.7 Å². The third kappa shape index (κ3) is 3.14. The average molecular weight is 359 g/mol. The van der Waals surface area contributed by atoms with Crippen LogP contribution in [0.5, 0.6) is 0 Å². The summed E-state index contributed by atoms with van der Waals surface area (Å²) in [6.07, 6.45) is 2.58. The van der Waals surface area contributed by atoms with E-state index in [9.17, 15) is 4.79 Å². The number of aromatic nitrogens is 2. The third-order valence-corrected chi connectivity index (χ3v) is 6.52. The number of H-pyrrole nitrogens is 1. The van der Waals surface area contributed by atoms with Gasteiger partial charge in [0, 0.05) is 35.0 Å². The number of carbonyl (C=O) groups excluding carboxylic acids is 1. The van der Waals surface area contributed by atoms with Crippen LogP contribution in [-0.2, 0) is 0 Å². The molecule has 0 aromatic carbocycles. The van der Waals surface area contributed by atoms with Crippen molar-refractivity contribution in [3.63, 3.8) is 0 Å². The van der Waals surface area contributed by atoms with Gasteiger partial charge in [-0.25, -0.2) is 0 Å². The second-order valence-corrected chi connectivity index (χ2v) is 7.89. The molecule has 0 saturated carbocycles. The van der Waals surface area contributed by atoms with Crippen molar-refractivity contribution in [2.24, 2.45) is 0 Å². The van der Waals surface area contributed by atoms with Gasteiger partial charge in [0.2, 0.25) is 0 Å². The molecule has 4 heterocycles. The van der Waals surface area contributed by atoms with E-state index in [1.165, 1.54) is 4.88 Å². The van der Waals surface area contributed by atoms with Gasteiger partial charge in [0.1, 0.15) is 5.69 Å². The van der Waals surface area contributed by atoms with Gasteiger partial charge in [0.15, 0.2) is 11.5 Å². The zero-order valence-electron chi connectivity index (χ0n) is 13.0. The van der Waals surface area contributed by atoms with Crippen LogP contribution < -0.4 is 0 Å². The minimum Gasteiger partial charge on any atom is -0.463 e. The maximum absolute atomic E-state index is 12.7. The number of amides is 1. The summed E-state index contributed by atoms with van der Waals surface area (Å²) in [5.74, 6) is 1.62. The highest BCUT2D eigenvalue weighted by Gasteiger charge is 2.25. The molecule has 1 saturated heterocycles. The van der Waals surface area contributed by atoms with E-state index in [2.05, 4.69) is 27.7 Å². The fourth-order valence-electron chi connectivity index (χ4n) is 2.83. The zero-order valence-corrected chi connectivity index (χ0v) is 14.6. The summed E-state index contributed by atoms with van der Waals surface area (Å²) in [5, 5.41) is 9.65. The van der Waals surface area contributed by atoms with Crippen molar-refractivity contribution in [1.29, 1.82) is 0 Å². The number of rotatable bonds is 3. The number of hydrogen-bond donors (Lipinski definition) is 1. The Kier molecular flexibility index (Phi) is 4.44. The fourth-order valence-corrected chi connectivity index (χ4v) is 5.06. The number of nitrogens with zero attached hydrogens (tertiary/aromatic N) is 2. The van der Waals surface area contributed by atoms with Crippen molar-refractivity contribution < 1.29 is 9.21 Å². The predicted octanol–water partition coefficient (Wildman–Crippen LogP) is 4.05. The second kappa shape index (κ2) is 6.86. The lowest BCUT2D eigenvalue weighted by molar-refractivity contribution is 0.0761. The lowest BCUT2D eigenvalue weighted by Crippen LogP contribution is -2.33. The quantitative estimate of drug-likeness (QED) is 0.766. The van der Waals surface area contributed by atoms with E-state index in [0.29, 0.717) is 16.7 Å². The number of nitrogens with one attached hydrogen (secondary N) is 1. The zero-order chi connectivity index (χ0) is 16.4. The Morgan fingerprint density at radius 2 is 2.29 bits per heavy atom. The average Bonchev–Trinajstić information content (AvgIpc) is 3.33. The highest BCUT2D eigenvalue weighted by Crippen LogP contribution is 2.36. The maximum atomic E-state index is 12.7. The van der Waals surface area contributed by atoms with Gasteiger partial charge < -0.3 is 9.32 Å². The molecule has 24 heavy (non-hydrogen) atoms. The third-order valence-electron chi connectivity index (χ3n) is 4.07. The molecule has 1 N–H and O–H groups in total. The fraction of sp³-hybridized carbons (Fsp3) is 0.294. The van der Waals surface area contributed by atoms with E-state index in [1.807, 2.05) is 28.8 Å². The topological polar surface area (TPSA) is 62.1 Å². The number of carbonyl (C=O) groups is 1. The minimum absolute atomic E-state index is 0.0171.